The van der Waals surface area contributed by atoms with Crippen molar-refractivity contribution in [3.63, 3.8) is 0 Å². The Bertz CT molecular complexity index is 273. The lowest BCUT2D eigenvalue weighted by molar-refractivity contribution is 0.732. The third-order valence-electron chi connectivity index (χ3n) is 1.89. The van der Waals surface area contributed by atoms with E-state index in [-0.39, 0.29) is 6.04 Å². The van der Waals surface area contributed by atoms with E-state index in [2.05, 4.69) is 0 Å². The van der Waals surface area contributed by atoms with E-state index in [1.807, 2.05) is 25.1 Å². The molecule has 0 bridgehead atoms. The van der Waals surface area contributed by atoms with E-state index in [0.717, 1.165) is 11.1 Å². The Kier molecular flexibility index (Phi) is 3.09. The summed E-state index contributed by atoms with van der Waals surface area (Å²) in [6.07, 6.45) is 0. The highest BCUT2D eigenvalue weighted by molar-refractivity contribution is 6.30. The highest BCUT2D eigenvalue weighted by Gasteiger charge is 2.06. The van der Waals surface area contributed by atoms with Crippen LogP contribution in [0, 0.1) is 6.92 Å². The average Bonchev–Trinajstić information content (AvgIpc) is 2.08. The first-order chi connectivity index (χ1) is 5.65. The van der Waals surface area contributed by atoms with Crippen molar-refractivity contribution in [3.8, 4) is 0 Å². The lowest BCUT2D eigenvalue weighted by Crippen LogP contribution is -2.21. The summed E-state index contributed by atoms with van der Waals surface area (Å²) in [6.45, 7) is 2.45. The van der Waals surface area contributed by atoms with Crippen LogP contribution in [0.1, 0.15) is 17.2 Å². The van der Waals surface area contributed by atoms with Crippen molar-refractivity contribution < 1.29 is 0 Å². The van der Waals surface area contributed by atoms with Gasteiger partial charge in [-0.2, -0.15) is 0 Å². The zero-order valence-corrected chi connectivity index (χ0v) is 7.81. The van der Waals surface area contributed by atoms with Crippen LogP contribution in [0.4, 0.5) is 0 Å². The Labute approximate surface area is 77.5 Å². The standard InChI is InChI=1S/C9H13ClN2/c1-6-2-3-7(10)4-8(6)9(12)5-11/h2-4,9H,5,11-12H2,1H3. The molecule has 0 radical (unpaired) electrons. The lowest BCUT2D eigenvalue weighted by Gasteiger charge is -2.12. The second kappa shape index (κ2) is 3.90. The van der Waals surface area contributed by atoms with Gasteiger partial charge in [-0.25, -0.2) is 0 Å². The van der Waals surface area contributed by atoms with Crippen LogP contribution in [0.3, 0.4) is 0 Å². The highest BCUT2D eigenvalue weighted by Crippen LogP contribution is 2.19. The molecule has 0 aliphatic heterocycles. The van der Waals surface area contributed by atoms with Gasteiger partial charge in [0.15, 0.2) is 0 Å². The van der Waals surface area contributed by atoms with Gasteiger partial charge in [0.1, 0.15) is 0 Å². The number of halogens is 1. The second-order valence-electron chi connectivity index (χ2n) is 2.84. The Balaban J connectivity index is 3.04. The first kappa shape index (κ1) is 9.52. The monoisotopic (exact) mass is 184 g/mol. The van der Waals surface area contributed by atoms with Crippen molar-refractivity contribution in [2.45, 2.75) is 13.0 Å². The van der Waals surface area contributed by atoms with Gasteiger partial charge in [-0.1, -0.05) is 17.7 Å². The van der Waals surface area contributed by atoms with Crippen molar-refractivity contribution in [2.24, 2.45) is 11.5 Å². The van der Waals surface area contributed by atoms with Crippen LogP contribution < -0.4 is 11.5 Å². The SMILES string of the molecule is Cc1ccc(Cl)cc1C(N)CN. The minimum Gasteiger partial charge on any atom is -0.329 e. The van der Waals surface area contributed by atoms with Crippen LogP contribution in [0.15, 0.2) is 18.2 Å². The molecule has 0 aliphatic carbocycles. The maximum absolute atomic E-state index is 5.82. The molecule has 0 fully saturated rings. The third-order valence-corrected chi connectivity index (χ3v) is 2.13. The zero-order valence-electron chi connectivity index (χ0n) is 7.05. The predicted octanol–water partition coefficient (Wildman–Crippen LogP) is 1.61. The number of benzene rings is 1. The van der Waals surface area contributed by atoms with Crippen molar-refractivity contribution in [2.75, 3.05) is 6.54 Å². The molecule has 0 aromatic heterocycles. The molecule has 0 aliphatic rings. The molecule has 1 aromatic carbocycles. The van der Waals surface area contributed by atoms with Gasteiger partial charge in [0.05, 0.1) is 0 Å². The second-order valence-corrected chi connectivity index (χ2v) is 3.28. The molecule has 1 aromatic rings. The summed E-state index contributed by atoms with van der Waals surface area (Å²) in [5, 5.41) is 0.708. The van der Waals surface area contributed by atoms with Crippen molar-refractivity contribution in [1.82, 2.24) is 0 Å². The molecule has 0 amide bonds. The van der Waals surface area contributed by atoms with E-state index in [9.17, 15) is 0 Å². The number of rotatable bonds is 2. The molecule has 12 heavy (non-hydrogen) atoms. The van der Waals surface area contributed by atoms with E-state index >= 15 is 0 Å². The number of nitrogens with two attached hydrogens (primary N) is 2. The summed E-state index contributed by atoms with van der Waals surface area (Å²) in [6, 6.07) is 5.56. The Morgan fingerprint density at radius 2 is 2.17 bits per heavy atom. The Morgan fingerprint density at radius 1 is 1.50 bits per heavy atom. The van der Waals surface area contributed by atoms with Crippen LogP contribution in [0.2, 0.25) is 5.02 Å². The fraction of sp³-hybridized carbons (Fsp3) is 0.333. The molecular formula is C9H13ClN2. The Hall–Kier alpha value is -0.570. The third kappa shape index (κ3) is 1.97. The van der Waals surface area contributed by atoms with E-state index in [1.54, 1.807) is 0 Å². The van der Waals surface area contributed by atoms with Crippen LogP contribution in [-0.2, 0) is 0 Å². The van der Waals surface area contributed by atoms with Gasteiger partial charge < -0.3 is 11.5 Å². The van der Waals surface area contributed by atoms with E-state index in [4.69, 9.17) is 23.1 Å². The smallest absolute Gasteiger partial charge is 0.0422 e. The quantitative estimate of drug-likeness (QED) is 0.734. The Morgan fingerprint density at radius 3 is 2.75 bits per heavy atom. The van der Waals surface area contributed by atoms with Gasteiger partial charge in [0.25, 0.3) is 0 Å². The largest absolute Gasteiger partial charge is 0.329 e. The molecule has 0 spiro atoms. The molecule has 1 unspecified atom stereocenters. The first-order valence-corrected chi connectivity index (χ1v) is 4.24. The predicted molar refractivity (Wildman–Crippen MR) is 52.2 cm³/mol. The number of hydrogen-bond donors (Lipinski definition) is 2. The minimum absolute atomic E-state index is 0.108. The summed E-state index contributed by atoms with van der Waals surface area (Å²) in [7, 11) is 0. The maximum atomic E-state index is 5.82. The van der Waals surface area contributed by atoms with Crippen molar-refractivity contribution in [1.29, 1.82) is 0 Å². The van der Waals surface area contributed by atoms with Crippen molar-refractivity contribution >= 4 is 11.6 Å². The molecule has 0 heterocycles. The minimum atomic E-state index is -0.108. The molecule has 1 atom stereocenters. The fourth-order valence-corrected chi connectivity index (χ4v) is 1.32. The summed E-state index contributed by atoms with van der Waals surface area (Å²) in [5.41, 5.74) is 13.4. The topological polar surface area (TPSA) is 52.0 Å². The number of aryl methyl sites for hydroxylation is 1. The number of hydrogen-bond acceptors (Lipinski definition) is 2. The zero-order chi connectivity index (χ0) is 9.14. The molecular weight excluding hydrogens is 172 g/mol. The molecule has 3 heteroatoms. The highest BCUT2D eigenvalue weighted by atomic mass is 35.5. The molecule has 1 rings (SSSR count). The van der Waals surface area contributed by atoms with E-state index in [1.165, 1.54) is 0 Å². The maximum Gasteiger partial charge on any atom is 0.0422 e. The van der Waals surface area contributed by atoms with Gasteiger partial charge in [-0.15, -0.1) is 0 Å². The van der Waals surface area contributed by atoms with Crippen LogP contribution >= 0.6 is 11.6 Å². The molecule has 0 saturated carbocycles. The van der Waals surface area contributed by atoms with Gasteiger partial charge >= 0.3 is 0 Å². The van der Waals surface area contributed by atoms with Gasteiger partial charge in [-0.3, -0.25) is 0 Å². The molecule has 2 nitrogen and oxygen atoms in total. The molecule has 0 saturated heterocycles. The van der Waals surface area contributed by atoms with E-state index in [0.29, 0.717) is 11.6 Å². The van der Waals surface area contributed by atoms with E-state index < -0.39 is 0 Å². The van der Waals surface area contributed by atoms with Crippen molar-refractivity contribution in [3.05, 3.63) is 34.3 Å². The molecule has 66 valence electrons. The fourth-order valence-electron chi connectivity index (χ4n) is 1.14. The normalized spacial score (nSPS) is 13.0. The van der Waals surface area contributed by atoms with Crippen LogP contribution in [0.5, 0.6) is 0 Å². The van der Waals surface area contributed by atoms with Gasteiger partial charge in [-0.05, 0) is 30.2 Å². The summed E-state index contributed by atoms with van der Waals surface area (Å²) in [4.78, 5) is 0. The summed E-state index contributed by atoms with van der Waals surface area (Å²) < 4.78 is 0. The van der Waals surface area contributed by atoms with Crippen LogP contribution in [-0.4, -0.2) is 6.54 Å². The first-order valence-electron chi connectivity index (χ1n) is 3.87. The van der Waals surface area contributed by atoms with Gasteiger partial charge in [0, 0.05) is 17.6 Å². The average molecular weight is 185 g/mol. The lowest BCUT2D eigenvalue weighted by atomic mass is 10.0. The summed E-state index contributed by atoms with van der Waals surface area (Å²) >= 11 is 5.82. The molecule has 4 N–H and O–H groups in total. The van der Waals surface area contributed by atoms with Gasteiger partial charge in [0.2, 0.25) is 0 Å². The summed E-state index contributed by atoms with van der Waals surface area (Å²) in [5.74, 6) is 0. The van der Waals surface area contributed by atoms with Crippen LogP contribution in [0.25, 0.3) is 0 Å².